The molecule has 3 rings (SSSR count). The number of amides is 2. The molecule has 0 aliphatic rings. The predicted octanol–water partition coefficient (Wildman–Crippen LogP) is 8.57. The summed E-state index contributed by atoms with van der Waals surface area (Å²) in [5, 5.41) is 0.347. The van der Waals surface area contributed by atoms with Gasteiger partial charge < -0.3 is 15.0 Å². The summed E-state index contributed by atoms with van der Waals surface area (Å²) in [5.41, 5.74) is -12.0. The van der Waals surface area contributed by atoms with Crippen LogP contribution in [-0.2, 0) is 5.67 Å². The van der Waals surface area contributed by atoms with Crippen molar-refractivity contribution in [2.45, 2.75) is 31.6 Å². The van der Waals surface area contributed by atoms with E-state index < -0.39 is 98.8 Å². The van der Waals surface area contributed by atoms with Gasteiger partial charge in [-0.05, 0) is 43.3 Å². The molecule has 44 heavy (non-hydrogen) atoms. The van der Waals surface area contributed by atoms with Gasteiger partial charge in [0.1, 0.15) is 17.3 Å². The fourth-order valence-corrected chi connectivity index (χ4v) is 4.15. The third-order valence-corrected chi connectivity index (χ3v) is 6.22. The van der Waals surface area contributed by atoms with Gasteiger partial charge in [0.05, 0.1) is 21.8 Å². The normalized spacial score (nSPS) is 12.3. The van der Waals surface area contributed by atoms with E-state index in [-0.39, 0.29) is 12.6 Å². The number of nitrogens with one attached hydrogen (secondary N) is 1. The van der Waals surface area contributed by atoms with Crippen molar-refractivity contribution < 1.29 is 67.0 Å². The molecule has 0 spiro atoms. The van der Waals surface area contributed by atoms with Crippen LogP contribution >= 0.6 is 11.6 Å². The zero-order valence-electron chi connectivity index (χ0n) is 21.5. The van der Waals surface area contributed by atoms with Gasteiger partial charge in [-0.2, -0.15) is 35.1 Å². The molecule has 0 fully saturated rings. The van der Waals surface area contributed by atoms with Crippen molar-refractivity contribution in [3.8, 4) is 5.75 Å². The van der Waals surface area contributed by atoms with Gasteiger partial charge in [0, 0.05) is 18.2 Å². The lowest BCUT2D eigenvalue weighted by atomic mass is 9.93. The van der Waals surface area contributed by atoms with Gasteiger partial charge in [-0.25, -0.2) is 17.6 Å². The molecular weight excluding hydrogens is 652 g/mol. The molecule has 0 atom stereocenters. The first-order valence-corrected chi connectivity index (χ1v) is 12.1. The van der Waals surface area contributed by atoms with Gasteiger partial charge in [0.15, 0.2) is 11.6 Å². The van der Waals surface area contributed by atoms with Gasteiger partial charge >= 0.3 is 24.6 Å². The Morgan fingerprint density at radius 2 is 1.52 bits per heavy atom. The smallest absolute Gasteiger partial charge is 0.433 e. The number of nitrogens with zero attached hydrogens (tertiary/aromatic N) is 1. The van der Waals surface area contributed by atoms with Crippen LogP contribution in [0.15, 0.2) is 48.5 Å². The minimum absolute atomic E-state index is 0.252. The van der Waals surface area contributed by atoms with E-state index in [1.54, 1.807) is 5.32 Å². The summed E-state index contributed by atoms with van der Waals surface area (Å²) in [6.07, 6.45) is -13.3. The quantitative estimate of drug-likeness (QED) is 0.245. The van der Waals surface area contributed by atoms with Crippen molar-refractivity contribution in [2.75, 3.05) is 16.8 Å². The number of rotatable bonds is 8. The maximum atomic E-state index is 15.5. The third-order valence-electron chi connectivity index (χ3n) is 5.92. The van der Waals surface area contributed by atoms with Crippen LogP contribution in [-0.4, -0.2) is 37.3 Å². The Labute approximate surface area is 244 Å². The lowest BCUT2D eigenvalue weighted by molar-refractivity contribution is -0.348. The summed E-state index contributed by atoms with van der Waals surface area (Å²) in [6, 6.07) is 3.94. The first-order valence-electron chi connectivity index (χ1n) is 11.7. The Kier molecular flexibility index (Phi) is 9.72. The molecule has 0 radical (unpaired) electrons. The van der Waals surface area contributed by atoms with E-state index in [0.717, 1.165) is 30.3 Å². The number of carbonyl (C=O) groups is 2. The average Bonchev–Trinajstić information content (AvgIpc) is 2.89. The molecule has 238 valence electrons. The van der Waals surface area contributed by atoms with Crippen LogP contribution in [0.25, 0.3) is 0 Å². The molecule has 3 aromatic carbocycles. The second-order valence-corrected chi connectivity index (χ2v) is 9.04. The number of benzene rings is 3. The molecule has 0 aliphatic heterocycles. The van der Waals surface area contributed by atoms with Gasteiger partial charge in [-0.1, -0.05) is 17.7 Å². The largest absolute Gasteiger partial charge is 0.435 e. The van der Waals surface area contributed by atoms with Gasteiger partial charge in [0.25, 0.3) is 11.8 Å². The van der Waals surface area contributed by atoms with E-state index in [1.807, 2.05) is 0 Å². The molecule has 0 aliphatic carbocycles. The Balaban J connectivity index is 2.08. The second-order valence-electron chi connectivity index (χ2n) is 8.63. The molecule has 5 nitrogen and oxygen atoms in total. The van der Waals surface area contributed by atoms with Crippen LogP contribution in [0.3, 0.4) is 0 Å². The highest BCUT2D eigenvalue weighted by Crippen LogP contribution is 2.55. The lowest BCUT2D eigenvalue weighted by Gasteiger charge is -2.31. The summed E-state index contributed by atoms with van der Waals surface area (Å²) < 4.78 is 167. The highest BCUT2D eigenvalue weighted by atomic mass is 35.5. The second kappa shape index (κ2) is 12.5. The zero-order chi connectivity index (χ0) is 33.4. The SMILES string of the molecule is CCN(C(=O)c1ccc(F)cc1F)c1cccc(C(=O)Nc2c(Cl)cc(C(F)(C(F)(F)F)C(F)(F)F)cc2OC(F)F)c1F. The third kappa shape index (κ3) is 6.51. The Morgan fingerprint density at radius 3 is 2.05 bits per heavy atom. The number of ether oxygens (including phenoxy) is 1. The summed E-state index contributed by atoms with van der Waals surface area (Å²) in [4.78, 5) is 26.4. The predicted molar refractivity (Wildman–Crippen MR) is 131 cm³/mol. The van der Waals surface area contributed by atoms with Crippen molar-refractivity contribution in [1.82, 2.24) is 0 Å². The van der Waals surface area contributed by atoms with E-state index >= 15 is 4.39 Å². The van der Waals surface area contributed by atoms with Gasteiger partial charge in [0.2, 0.25) is 0 Å². The van der Waals surface area contributed by atoms with E-state index in [2.05, 4.69) is 4.74 Å². The van der Waals surface area contributed by atoms with E-state index in [1.165, 1.54) is 6.92 Å². The number of alkyl halides is 9. The van der Waals surface area contributed by atoms with Crippen LogP contribution in [0, 0.1) is 17.5 Å². The van der Waals surface area contributed by atoms with Crippen molar-refractivity contribution in [3.05, 3.63) is 87.7 Å². The number of hydrogen-bond acceptors (Lipinski definition) is 3. The van der Waals surface area contributed by atoms with E-state index in [9.17, 15) is 57.9 Å². The molecule has 0 heterocycles. The number of anilines is 2. The van der Waals surface area contributed by atoms with Crippen molar-refractivity contribution in [3.63, 3.8) is 0 Å². The molecule has 18 heteroatoms. The molecule has 0 saturated heterocycles. The Hall–Kier alpha value is -4.15. The number of halogens is 13. The van der Waals surface area contributed by atoms with Crippen LogP contribution in [0.4, 0.5) is 64.1 Å². The summed E-state index contributed by atoms with van der Waals surface area (Å²) >= 11 is 5.69. The Bertz CT molecular complexity index is 1560. The molecule has 3 aromatic rings. The van der Waals surface area contributed by atoms with Crippen LogP contribution in [0.1, 0.15) is 33.2 Å². The zero-order valence-corrected chi connectivity index (χ0v) is 22.2. The molecule has 0 aromatic heterocycles. The first kappa shape index (κ1) is 34.3. The van der Waals surface area contributed by atoms with E-state index in [4.69, 9.17) is 11.6 Å². The molecule has 0 unspecified atom stereocenters. The molecular formula is C26H15ClF12N2O3. The van der Waals surface area contributed by atoms with Gasteiger partial charge in [-0.15, -0.1) is 0 Å². The van der Waals surface area contributed by atoms with Gasteiger partial charge in [-0.3, -0.25) is 9.59 Å². The van der Waals surface area contributed by atoms with Crippen molar-refractivity contribution in [2.24, 2.45) is 0 Å². The fraction of sp³-hybridized carbons (Fsp3) is 0.231. The Morgan fingerprint density at radius 1 is 0.909 bits per heavy atom. The lowest BCUT2D eigenvalue weighted by Crippen LogP contribution is -2.50. The number of hydrogen-bond donors (Lipinski definition) is 1. The van der Waals surface area contributed by atoms with Crippen molar-refractivity contribution in [1.29, 1.82) is 0 Å². The maximum absolute atomic E-state index is 15.5. The van der Waals surface area contributed by atoms with Crippen LogP contribution in [0.2, 0.25) is 5.02 Å². The molecule has 0 bridgehead atoms. The van der Waals surface area contributed by atoms with E-state index in [0.29, 0.717) is 11.0 Å². The first-order chi connectivity index (χ1) is 20.2. The summed E-state index contributed by atoms with van der Waals surface area (Å²) in [7, 11) is 0. The fourth-order valence-electron chi connectivity index (χ4n) is 3.89. The average molecular weight is 667 g/mol. The highest BCUT2D eigenvalue weighted by molar-refractivity contribution is 6.34. The minimum Gasteiger partial charge on any atom is -0.433 e. The van der Waals surface area contributed by atoms with Crippen LogP contribution in [0.5, 0.6) is 5.75 Å². The number of carbonyl (C=O) groups excluding carboxylic acids is 2. The monoisotopic (exact) mass is 666 g/mol. The van der Waals surface area contributed by atoms with Crippen LogP contribution < -0.4 is 15.0 Å². The molecule has 0 saturated carbocycles. The minimum atomic E-state index is -6.66. The standard InChI is InChI=1S/C26H15ClF12N2O3/c1-2-41(22(43)13-7-6-12(28)10-16(13)29)17-5-3-4-14(19(17)30)21(42)40-20-15(27)8-11(9-18(20)44-23(31)32)24(33,25(34,35)36)26(37,38)39/h3-10,23H,2H2,1H3,(H,40,42). The van der Waals surface area contributed by atoms with Crippen molar-refractivity contribution >= 4 is 34.8 Å². The summed E-state index contributed by atoms with van der Waals surface area (Å²) in [6.45, 7) is -2.98. The molecule has 1 N–H and O–H groups in total. The maximum Gasteiger partial charge on any atom is 0.435 e. The summed E-state index contributed by atoms with van der Waals surface area (Å²) in [5.74, 6) is -8.27. The molecule has 2 amide bonds. The topological polar surface area (TPSA) is 58.6 Å². The highest BCUT2D eigenvalue weighted by Gasteiger charge is 2.73.